The zero-order valence-electron chi connectivity index (χ0n) is 14.3. The molecule has 0 saturated heterocycles. The van der Waals surface area contributed by atoms with E-state index in [9.17, 15) is 9.59 Å². The van der Waals surface area contributed by atoms with Crippen LogP contribution in [0.4, 0.5) is 5.69 Å². The van der Waals surface area contributed by atoms with Crippen LogP contribution >= 0.6 is 11.8 Å². The average molecular weight is 356 g/mol. The number of para-hydroxylation sites is 1. The second-order valence-corrected chi connectivity index (χ2v) is 7.47. The van der Waals surface area contributed by atoms with Crippen LogP contribution in [-0.2, 0) is 9.53 Å². The van der Waals surface area contributed by atoms with Crippen molar-refractivity contribution in [2.75, 3.05) is 18.1 Å². The molecule has 1 aromatic carbocycles. The minimum absolute atomic E-state index is 0.212. The van der Waals surface area contributed by atoms with Crippen LogP contribution in [0.2, 0.25) is 0 Å². The summed E-state index contributed by atoms with van der Waals surface area (Å²) < 4.78 is 5.19. The summed E-state index contributed by atoms with van der Waals surface area (Å²) in [6, 6.07) is 11.2. The summed E-state index contributed by atoms with van der Waals surface area (Å²) >= 11 is 1.77. The molecule has 130 valence electrons. The van der Waals surface area contributed by atoms with Crippen molar-refractivity contribution in [2.45, 2.75) is 30.4 Å². The predicted octanol–water partition coefficient (Wildman–Crippen LogP) is 3.46. The Kier molecular flexibility index (Phi) is 5.38. The van der Waals surface area contributed by atoms with Crippen molar-refractivity contribution in [3.63, 3.8) is 0 Å². The number of carbonyl (C=O) groups is 2. The number of ether oxygens (including phenoxy) is 1. The van der Waals surface area contributed by atoms with Gasteiger partial charge in [0.25, 0.3) is 5.91 Å². The molecule has 1 atom stereocenters. The van der Waals surface area contributed by atoms with E-state index in [-0.39, 0.29) is 12.5 Å². The lowest BCUT2D eigenvalue weighted by Crippen LogP contribution is -2.35. The number of esters is 1. The largest absolute Gasteiger partial charge is 0.452 e. The Balaban J connectivity index is 1.68. The molecule has 1 aliphatic heterocycles. The minimum Gasteiger partial charge on any atom is -0.452 e. The molecule has 0 bridgehead atoms. The molecule has 2 heterocycles. The Hall–Kier alpha value is -2.34. The molecule has 1 aromatic heterocycles. The van der Waals surface area contributed by atoms with Gasteiger partial charge < -0.3 is 9.64 Å². The van der Waals surface area contributed by atoms with Crippen LogP contribution in [0, 0.1) is 6.92 Å². The zero-order chi connectivity index (χ0) is 17.8. The first kappa shape index (κ1) is 17.5. The summed E-state index contributed by atoms with van der Waals surface area (Å²) in [6.07, 6.45) is 2.35. The third-order valence-electron chi connectivity index (χ3n) is 4.02. The van der Waals surface area contributed by atoms with Crippen LogP contribution in [0.1, 0.15) is 29.4 Å². The summed E-state index contributed by atoms with van der Waals surface area (Å²) in [7, 11) is 0. The van der Waals surface area contributed by atoms with E-state index in [1.807, 2.05) is 31.2 Å². The smallest absolute Gasteiger partial charge is 0.340 e. The molecular formula is C19H20N2O3S. The van der Waals surface area contributed by atoms with Crippen molar-refractivity contribution in [1.82, 2.24) is 4.98 Å². The van der Waals surface area contributed by atoms with Gasteiger partial charge in [-0.1, -0.05) is 19.1 Å². The van der Waals surface area contributed by atoms with Crippen molar-refractivity contribution in [1.29, 1.82) is 0 Å². The summed E-state index contributed by atoms with van der Waals surface area (Å²) in [5.41, 5.74) is 2.05. The number of hydrogen-bond donors (Lipinski definition) is 0. The molecule has 1 unspecified atom stereocenters. The molecule has 0 N–H and O–H groups in total. The van der Waals surface area contributed by atoms with Gasteiger partial charge in [0, 0.05) is 28.6 Å². The maximum atomic E-state index is 12.6. The molecule has 0 fully saturated rings. The molecule has 25 heavy (non-hydrogen) atoms. The van der Waals surface area contributed by atoms with Gasteiger partial charge in [0.05, 0.1) is 11.3 Å². The Labute approximate surface area is 151 Å². The molecule has 0 aliphatic carbocycles. The highest BCUT2D eigenvalue weighted by atomic mass is 32.2. The number of benzene rings is 1. The Morgan fingerprint density at radius 2 is 2.08 bits per heavy atom. The van der Waals surface area contributed by atoms with Gasteiger partial charge in [-0.15, -0.1) is 11.8 Å². The summed E-state index contributed by atoms with van der Waals surface area (Å²) in [5, 5.41) is 0.431. The highest BCUT2D eigenvalue weighted by molar-refractivity contribution is 8.00. The lowest BCUT2D eigenvalue weighted by Gasteiger charge is -2.22. The van der Waals surface area contributed by atoms with Gasteiger partial charge in [-0.3, -0.25) is 9.78 Å². The highest BCUT2D eigenvalue weighted by Gasteiger charge is 2.25. The van der Waals surface area contributed by atoms with E-state index >= 15 is 0 Å². The number of amides is 1. The van der Waals surface area contributed by atoms with E-state index in [2.05, 4.69) is 11.9 Å². The molecule has 0 saturated carbocycles. The Bertz CT molecular complexity index is 776. The van der Waals surface area contributed by atoms with E-state index in [1.54, 1.807) is 28.8 Å². The van der Waals surface area contributed by atoms with Crippen molar-refractivity contribution in [3.05, 3.63) is 53.9 Å². The fourth-order valence-electron chi connectivity index (χ4n) is 2.62. The maximum absolute atomic E-state index is 12.6. The zero-order valence-corrected chi connectivity index (χ0v) is 15.1. The number of aryl methyl sites for hydroxylation is 1. The Morgan fingerprint density at radius 3 is 2.84 bits per heavy atom. The second-order valence-electron chi connectivity index (χ2n) is 5.99. The lowest BCUT2D eigenvalue weighted by molar-refractivity contribution is -0.121. The molecule has 1 aliphatic rings. The van der Waals surface area contributed by atoms with Crippen LogP contribution in [0.3, 0.4) is 0 Å². The van der Waals surface area contributed by atoms with Gasteiger partial charge in [0.1, 0.15) is 0 Å². The van der Waals surface area contributed by atoms with Gasteiger partial charge in [-0.05, 0) is 37.6 Å². The van der Waals surface area contributed by atoms with Crippen molar-refractivity contribution in [3.8, 4) is 0 Å². The number of anilines is 1. The first-order valence-electron chi connectivity index (χ1n) is 8.20. The topological polar surface area (TPSA) is 59.5 Å². The standard InChI is InChI=1S/C19H20N2O3S/c1-13-7-8-15(11-20-13)19(23)24-12-18(22)21-10-9-14(2)25-17-6-4-3-5-16(17)21/h3-8,11,14H,9-10,12H2,1-2H3. The number of fused-ring (bicyclic) bond motifs is 1. The predicted molar refractivity (Wildman–Crippen MR) is 98.0 cm³/mol. The van der Waals surface area contributed by atoms with Crippen LogP contribution in [0.15, 0.2) is 47.5 Å². The van der Waals surface area contributed by atoms with Crippen molar-refractivity contribution in [2.24, 2.45) is 0 Å². The maximum Gasteiger partial charge on any atom is 0.340 e. The fourth-order valence-corrected chi connectivity index (χ4v) is 3.74. The third-order valence-corrected chi connectivity index (χ3v) is 5.26. The quantitative estimate of drug-likeness (QED) is 0.788. The normalized spacial score (nSPS) is 16.7. The number of thioether (sulfide) groups is 1. The first-order chi connectivity index (χ1) is 12.0. The van der Waals surface area contributed by atoms with Gasteiger partial charge >= 0.3 is 5.97 Å². The second kappa shape index (κ2) is 7.70. The molecule has 6 heteroatoms. The van der Waals surface area contributed by atoms with Crippen LogP contribution < -0.4 is 4.90 Å². The van der Waals surface area contributed by atoms with E-state index in [4.69, 9.17) is 4.74 Å². The Morgan fingerprint density at radius 1 is 1.28 bits per heavy atom. The number of pyridine rings is 1. The summed E-state index contributed by atoms with van der Waals surface area (Å²) in [6.45, 7) is 4.34. The summed E-state index contributed by atoms with van der Waals surface area (Å²) in [5.74, 6) is -0.748. The van der Waals surface area contributed by atoms with Crippen LogP contribution in [0.25, 0.3) is 0 Å². The SMILES string of the molecule is Cc1ccc(C(=O)OCC(=O)N2CCC(C)Sc3ccccc32)cn1. The third kappa shape index (κ3) is 4.20. The van der Waals surface area contributed by atoms with Gasteiger partial charge in [-0.25, -0.2) is 4.79 Å². The molecule has 0 radical (unpaired) electrons. The van der Waals surface area contributed by atoms with E-state index in [1.165, 1.54) is 6.20 Å². The van der Waals surface area contributed by atoms with Crippen molar-refractivity contribution >= 4 is 29.3 Å². The van der Waals surface area contributed by atoms with Crippen LogP contribution in [0.5, 0.6) is 0 Å². The molecule has 3 rings (SSSR count). The summed E-state index contributed by atoms with van der Waals surface area (Å²) in [4.78, 5) is 31.6. The lowest BCUT2D eigenvalue weighted by atomic mass is 10.2. The van der Waals surface area contributed by atoms with E-state index in [0.717, 1.165) is 22.7 Å². The van der Waals surface area contributed by atoms with Gasteiger partial charge in [-0.2, -0.15) is 0 Å². The van der Waals surface area contributed by atoms with E-state index < -0.39 is 5.97 Å². The number of rotatable bonds is 3. The molecule has 0 spiro atoms. The average Bonchev–Trinajstić information content (AvgIpc) is 2.78. The monoisotopic (exact) mass is 356 g/mol. The number of nitrogens with zero attached hydrogens (tertiary/aromatic N) is 2. The number of aromatic nitrogens is 1. The molecule has 2 aromatic rings. The van der Waals surface area contributed by atoms with E-state index in [0.29, 0.717) is 17.4 Å². The van der Waals surface area contributed by atoms with Gasteiger partial charge in [0.15, 0.2) is 6.61 Å². The number of carbonyl (C=O) groups excluding carboxylic acids is 2. The fraction of sp³-hybridized carbons (Fsp3) is 0.316. The molecule has 5 nitrogen and oxygen atoms in total. The molecular weight excluding hydrogens is 336 g/mol. The highest BCUT2D eigenvalue weighted by Crippen LogP contribution is 2.37. The first-order valence-corrected chi connectivity index (χ1v) is 9.08. The van der Waals surface area contributed by atoms with Crippen LogP contribution in [-0.4, -0.2) is 35.3 Å². The number of hydrogen-bond acceptors (Lipinski definition) is 5. The molecule has 1 amide bonds. The minimum atomic E-state index is -0.535. The van der Waals surface area contributed by atoms with Crippen molar-refractivity contribution < 1.29 is 14.3 Å². The van der Waals surface area contributed by atoms with Gasteiger partial charge in [0.2, 0.25) is 0 Å².